The third-order valence-corrected chi connectivity index (χ3v) is 2.58. The maximum Gasteiger partial charge on any atom is 0.490 e. The van der Waals surface area contributed by atoms with Gasteiger partial charge in [0.2, 0.25) is 0 Å². The first-order valence-corrected chi connectivity index (χ1v) is 4.79. The van der Waals surface area contributed by atoms with Crippen molar-refractivity contribution in [1.29, 1.82) is 0 Å². The lowest BCUT2D eigenvalue weighted by Crippen LogP contribution is -2.52. The van der Waals surface area contributed by atoms with Gasteiger partial charge in [-0.15, -0.1) is 8.78 Å². The molecule has 1 fully saturated rings. The molecule has 1 saturated heterocycles. The maximum absolute atomic E-state index is 13.1. The molecule has 1 heterocycles. The molecule has 0 bridgehead atoms. The molecule has 7 heteroatoms. The summed E-state index contributed by atoms with van der Waals surface area (Å²) in [6, 6.07) is 0. The second kappa shape index (κ2) is 3.29. The molecule has 0 radical (unpaired) electrons. The summed E-state index contributed by atoms with van der Waals surface area (Å²) in [4.78, 5) is 0. The van der Waals surface area contributed by atoms with Crippen molar-refractivity contribution in [3.63, 3.8) is 0 Å². The largest absolute Gasteiger partial charge is 0.490 e. The van der Waals surface area contributed by atoms with Crippen LogP contribution in [0.4, 0.5) is 17.6 Å². The monoisotopic (exact) mass is 288 g/mol. The summed E-state index contributed by atoms with van der Waals surface area (Å²) in [5, 5.41) is 0. The molecule has 2 nitrogen and oxygen atoms in total. The van der Waals surface area contributed by atoms with E-state index in [0.717, 1.165) is 12.2 Å². The van der Waals surface area contributed by atoms with Crippen LogP contribution in [0.1, 0.15) is 0 Å². The zero-order chi connectivity index (χ0) is 11.3. The summed E-state index contributed by atoms with van der Waals surface area (Å²) in [7, 11) is 0. The highest BCUT2D eigenvalue weighted by Gasteiger charge is 2.59. The Hall–Kier alpha value is -0.400. The molecule has 2 rings (SSSR count). The van der Waals surface area contributed by atoms with E-state index in [9.17, 15) is 17.6 Å². The minimum absolute atomic E-state index is 0.376. The van der Waals surface area contributed by atoms with Gasteiger partial charge in [-0.2, -0.15) is 8.78 Å². The van der Waals surface area contributed by atoms with Crippen LogP contribution in [0.15, 0.2) is 22.7 Å². The van der Waals surface area contributed by atoms with Gasteiger partial charge in [-0.1, -0.05) is 28.1 Å². The lowest BCUT2D eigenvalue weighted by Gasteiger charge is -2.39. The smallest absolute Gasteiger partial charge is 0.287 e. The number of ether oxygens (including phenoxy) is 2. The Bertz CT molecular complexity index is 340. The van der Waals surface area contributed by atoms with Gasteiger partial charge in [0, 0.05) is 4.48 Å². The summed E-state index contributed by atoms with van der Waals surface area (Å²) >= 11 is 2.97. The number of hydrogen-bond acceptors (Lipinski definition) is 2. The second-order valence-corrected chi connectivity index (χ2v) is 4.06. The Kier molecular flexibility index (Phi) is 2.44. The first-order valence-electron chi connectivity index (χ1n) is 3.99. The molecule has 84 valence electrons. The van der Waals surface area contributed by atoms with Gasteiger partial charge < -0.3 is 0 Å². The van der Waals surface area contributed by atoms with Crippen LogP contribution in [0, 0.1) is 5.92 Å². The molecular weight excluding hydrogens is 284 g/mol. The van der Waals surface area contributed by atoms with Crippen molar-refractivity contribution in [1.82, 2.24) is 0 Å². The molecule has 0 spiro atoms. The topological polar surface area (TPSA) is 18.5 Å². The van der Waals surface area contributed by atoms with E-state index in [2.05, 4.69) is 25.4 Å². The third-order valence-electron chi connectivity index (χ3n) is 2.05. The molecule has 0 N–H and O–H groups in total. The van der Waals surface area contributed by atoms with Gasteiger partial charge in [0.25, 0.3) is 0 Å². The van der Waals surface area contributed by atoms with Gasteiger partial charge in [0.05, 0.1) is 6.10 Å². The van der Waals surface area contributed by atoms with Gasteiger partial charge in [0.15, 0.2) is 0 Å². The summed E-state index contributed by atoms with van der Waals surface area (Å²) in [6.07, 6.45) is -5.99. The standard InChI is InChI=1S/C8H5BrF4O2/c9-4-1-2-6-5(3-4)7(10,11)15-8(12,13)14-6/h1-3,5-6H. The van der Waals surface area contributed by atoms with E-state index in [-0.39, 0.29) is 0 Å². The van der Waals surface area contributed by atoms with E-state index >= 15 is 0 Å². The molecule has 2 atom stereocenters. The lowest BCUT2D eigenvalue weighted by molar-refractivity contribution is -0.515. The lowest BCUT2D eigenvalue weighted by atomic mass is 9.95. The molecule has 2 aliphatic rings. The Morgan fingerprint density at radius 3 is 2.60 bits per heavy atom. The van der Waals surface area contributed by atoms with Gasteiger partial charge in [0.1, 0.15) is 5.92 Å². The maximum atomic E-state index is 13.1. The fourth-order valence-corrected chi connectivity index (χ4v) is 1.88. The zero-order valence-electron chi connectivity index (χ0n) is 7.09. The number of allylic oxidation sites excluding steroid dienone is 2. The number of halogens is 5. The summed E-state index contributed by atoms with van der Waals surface area (Å²) in [6.45, 7) is 0. The first kappa shape index (κ1) is 11.1. The second-order valence-electron chi connectivity index (χ2n) is 3.15. The van der Waals surface area contributed by atoms with E-state index in [1.54, 1.807) is 0 Å². The van der Waals surface area contributed by atoms with E-state index in [0.29, 0.717) is 4.48 Å². The first-order chi connectivity index (χ1) is 6.80. The van der Waals surface area contributed by atoms with Crippen molar-refractivity contribution in [2.45, 2.75) is 18.5 Å². The Morgan fingerprint density at radius 1 is 1.27 bits per heavy atom. The predicted molar refractivity (Wildman–Crippen MR) is 45.5 cm³/mol. The molecule has 1 aliphatic carbocycles. The predicted octanol–water partition coefficient (Wildman–Crippen LogP) is 3.01. The molecule has 0 aromatic heterocycles. The van der Waals surface area contributed by atoms with Crippen molar-refractivity contribution in [2.75, 3.05) is 0 Å². The van der Waals surface area contributed by atoms with E-state index in [4.69, 9.17) is 0 Å². The highest BCUT2D eigenvalue weighted by Crippen LogP contribution is 2.45. The highest BCUT2D eigenvalue weighted by molar-refractivity contribution is 9.11. The fourth-order valence-electron chi connectivity index (χ4n) is 1.44. The SMILES string of the molecule is FC1(F)OC2C=CC(Br)=CC2C(F)(F)O1. The van der Waals surface area contributed by atoms with Crippen LogP contribution in [0.25, 0.3) is 0 Å². The van der Waals surface area contributed by atoms with Gasteiger partial charge >= 0.3 is 12.4 Å². The zero-order valence-corrected chi connectivity index (χ0v) is 8.68. The molecule has 1 aliphatic heterocycles. The summed E-state index contributed by atoms with van der Waals surface area (Å²) < 4.78 is 59.2. The molecule has 0 amide bonds. The Balaban J connectivity index is 2.32. The minimum atomic E-state index is -4.26. The number of fused-ring (bicyclic) bond motifs is 1. The third kappa shape index (κ3) is 2.09. The van der Waals surface area contributed by atoms with Crippen molar-refractivity contribution in [2.24, 2.45) is 5.92 Å². The minimum Gasteiger partial charge on any atom is -0.287 e. The van der Waals surface area contributed by atoms with Crippen LogP contribution in [-0.2, 0) is 9.47 Å². The van der Waals surface area contributed by atoms with Crippen LogP contribution in [0.5, 0.6) is 0 Å². The van der Waals surface area contributed by atoms with Gasteiger partial charge in [-0.25, -0.2) is 4.74 Å². The molecule has 0 aromatic carbocycles. The van der Waals surface area contributed by atoms with Crippen molar-refractivity contribution in [3.05, 3.63) is 22.7 Å². The fraction of sp³-hybridized carbons (Fsp3) is 0.500. The van der Waals surface area contributed by atoms with Crippen LogP contribution in [0.3, 0.4) is 0 Å². The molecule has 15 heavy (non-hydrogen) atoms. The number of rotatable bonds is 0. The number of alkyl halides is 4. The van der Waals surface area contributed by atoms with Crippen molar-refractivity contribution in [3.8, 4) is 0 Å². The molecule has 0 aromatic rings. The van der Waals surface area contributed by atoms with Crippen LogP contribution in [-0.4, -0.2) is 18.5 Å². The molecular formula is C8H5BrF4O2. The van der Waals surface area contributed by atoms with E-state index in [1.165, 1.54) is 6.08 Å². The summed E-state index contributed by atoms with van der Waals surface area (Å²) in [5.41, 5.74) is 0. The Labute approximate surface area is 90.7 Å². The average molecular weight is 289 g/mol. The van der Waals surface area contributed by atoms with E-state index < -0.39 is 24.4 Å². The van der Waals surface area contributed by atoms with Crippen molar-refractivity contribution >= 4 is 15.9 Å². The van der Waals surface area contributed by atoms with Gasteiger partial charge in [-0.05, 0) is 6.08 Å². The molecule has 0 saturated carbocycles. The quantitative estimate of drug-likeness (QED) is 0.638. The van der Waals surface area contributed by atoms with Crippen LogP contribution in [0.2, 0.25) is 0 Å². The van der Waals surface area contributed by atoms with Crippen LogP contribution < -0.4 is 0 Å². The normalized spacial score (nSPS) is 37.0. The molecule has 2 unspecified atom stereocenters. The van der Waals surface area contributed by atoms with Crippen LogP contribution >= 0.6 is 15.9 Å². The van der Waals surface area contributed by atoms with Gasteiger partial charge in [-0.3, -0.25) is 4.74 Å². The van der Waals surface area contributed by atoms with Crippen molar-refractivity contribution < 1.29 is 27.0 Å². The average Bonchev–Trinajstić information content (AvgIpc) is 2.03. The number of hydrogen-bond donors (Lipinski definition) is 0. The highest BCUT2D eigenvalue weighted by atomic mass is 79.9. The van der Waals surface area contributed by atoms with E-state index in [1.807, 2.05) is 0 Å². The Morgan fingerprint density at radius 2 is 1.93 bits per heavy atom. The summed E-state index contributed by atoms with van der Waals surface area (Å²) in [5.74, 6) is -1.54.